The summed E-state index contributed by atoms with van der Waals surface area (Å²) in [6.45, 7) is 0. The van der Waals surface area contributed by atoms with E-state index in [0.717, 1.165) is 17.0 Å². The van der Waals surface area contributed by atoms with Crippen molar-refractivity contribution in [1.29, 1.82) is 5.26 Å². The summed E-state index contributed by atoms with van der Waals surface area (Å²) in [6.07, 6.45) is 1.33. The van der Waals surface area contributed by atoms with Crippen LogP contribution in [0, 0.1) is 11.3 Å². The highest BCUT2D eigenvalue weighted by Gasteiger charge is 2.13. The highest BCUT2D eigenvalue weighted by Crippen LogP contribution is 2.28. The topological polar surface area (TPSA) is 77.2 Å². The number of carboxylic acids is 1. The van der Waals surface area contributed by atoms with Crippen molar-refractivity contribution in [3.8, 4) is 6.07 Å². The molecule has 6 heteroatoms. The Labute approximate surface area is 108 Å². The lowest BCUT2D eigenvalue weighted by Crippen LogP contribution is -2.08. The monoisotopic (exact) mass is 259 g/mol. The summed E-state index contributed by atoms with van der Waals surface area (Å²) in [4.78, 5) is 16.8. The van der Waals surface area contributed by atoms with Crippen LogP contribution in [0.4, 0.5) is 10.8 Å². The maximum Gasteiger partial charge on any atom is 0.347 e. The molecule has 1 aromatic carbocycles. The molecule has 1 heterocycles. The zero-order valence-electron chi connectivity index (χ0n) is 9.49. The Morgan fingerprint density at radius 3 is 2.94 bits per heavy atom. The Morgan fingerprint density at radius 1 is 1.56 bits per heavy atom. The van der Waals surface area contributed by atoms with Crippen LogP contribution in [-0.2, 0) is 0 Å². The van der Waals surface area contributed by atoms with Crippen molar-refractivity contribution in [2.45, 2.75) is 0 Å². The number of carbonyl (C=O) groups is 1. The normalized spacial score (nSPS) is 9.78. The van der Waals surface area contributed by atoms with E-state index in [4.69, 9.17) is 10.4 Å². The average molecular weight is 259 g/mol. The zero-order valence-corrected chi connectivity index (χ0v) is 10.3. The third kappa shape index (κ3) is 2.31. The first-order valence-electron chi connectivity index (χ1n) is 5.05. The predicted octanol–water partition coefficient (Wildman–Crippen LogP) is 2.48. The van der Waals surface area contributed by atoms with Gasteiger partial charge in [0.15, 0.2) is 5.13 Å². The van der Waals surface area contributed by atoms with Gasteiger partial charge < -0.3 is 10.0 Å². The Balaban J connectivity index is 2.32. The molecule has 0 fully saturated rings. The molecule has 2 rings (SSSR count). The van der Waals surface area contributed by atoms with Gasteiger partial charge in [-0.15, -0.1) is 0 Å². The van der Waals surface area contributed by atoms with Gasteiger partial charge in [0.05, 0.1) is 17.8 Å². The summed E-state index contributed by atoms with van der Waals surface area (Å²) in [5.74, 6) is -0.988. The molecule has 0 saturated heterocycles. The summed E-state index contributed by atoms with van der Waals surface area (Å²) >= 11 is 1.09. The minimum absolute atomic E-state index is 0.188. The molecule has 0 radical (unpaired) electrons. The molecule has 0 saturated carbocycles. The highest BCUT2D eigenvalue weighted by atomic mass is 32.1. The van der Waals surface area contributed by atoms with Crippen molar-refractivity contribution >= 4 is 28.1 Å². The third-order valence-corrected chi connectivity index (χ3v) is 3.42. The van der Waals surface area contributed by atoms with Crippen LogP contribution >= 0.6 is 11.3 Å². The molecule has 0 aliphatic heterocycles. The smallest absolute Gasteiger partial charge is 0.347 e. The zero-order chi connectivity index (χ0) is 13.1. The number of hydrogen-bond acceptors (Lipinski definition) is 5. The molecule has 18 heavy (non-hydrogen) atoms. The van der Waals surface area contributed by atoms with E-state index in [9.17, 15) is 4.79 Å². The number of nitriles is 1. The summed E-state index contributed by atoms with van der Waals surface area (Å²) in [5.41, 5.74) is 1.34. The van der Waals surface area contributed by atoms with E-state index >= 15 is 0 Å². The maximum atomic E-state index is 10.8. The first-order valence-corrected chi connectivity index (χ1v) is 5.86. The maximum absolute atomic E-state index is 10.8. The number of carboxylic acid groups (broad SMARTS) is 1. The number of aromatic carboxylic acids is 1. The van der Waals surface area contributed by atoms with Gasteiger partial charge in [0.25, 0.3) is 0 Å². The molecule has 0 aliphatic carbocycles. The van der Waals surface area contributed by atoms with Crippen LogP contribution in [0.2, 0.25) is 0 Å². The van der Waals surface area contributed by atoms with Gasteiger partial charge in [0.1, 0.15) is 4.88 Å². The SMILES string of the molecule is CN(c1cccc(C#N)c1)c1ncc(C(=O)O)s1. The fourth-order valence-electron chi connectivity index (χ4n) is 1.41. The van der Waals surface area contributed by atoms with Gasteiger partial charge >= 0.3 is 5.97 Å². The Kier molecular flexibility index (Phi) is 3.26. The van der Waals surface area contributed by atoms with Crippen molar-refractivity contribution in [3.05, 3.63) is 40.9 Å². The van der Waals surface area contributed by atoms with Crippen molar-refractivity contribution in [1.82, 2.24) is 4.98 Å². The lowest BCUT2D eigenvalue weighted by molar-refractivity contribution is 0.0702. The van der Waals surface area contributed by atoms with Crippen LogP contribution in [0.3, 0.4) is 0 Å². The molecular formula is C12H9N3O2S. The molecule has 1 N–H and O–H groups in total. The van der Waals surface area contributed by atoms with Crippen LogP contribution < -0.4 is 4.90 Å². The highest BCUT2D eigenvalue weighted by molar-refractivity contribution is 7.17. The van der Waals surface area contributed by atoms with Crippen molar-refractivity contribution in [2.24, 2.45) is 0 Å². The van der Waals surface area contributed by atoms with Crippen molar-refractivity contribution < 1.29 is 9.90 Å². The summed E-state index contributed by atoms with van der Waals surface area (Å²) in [6, 6.07) is 9.10. The van der Waals surface area contributed by atoms with Crippen LogP contribution in [0.25, 0.3) is 0 Å². The van der Waals surface area contributed by atoms with Crippen LogP contribution in [-0.4, -0.2) is 23.1 Å². The summed E-state index contributed by atoms with van der Waals surface area (Å²) in [7, 11) is 1.78. The van der Waals surface area contributed by atoms with Crippen LogP contribution in [0.15, 0.2) is 30.5 Å². The van der Waals surface area contributed by atoms with Gasteiger partial charge in [-0.3, -0.25) is 0 Å². The molecule has 0 atom stereocenters. The largest absolute Gasteiger partial charge is 0.477 e. The van der Waals surface area contributed by atoms with E-state index in [1.165, 1.54) is 6.20 Å². The molecule has 5 nitrogen and oxygen atoms in total. The Hall–Kier alpha value is -2.39. The van der Waals surface area contributed by atoms with E-state index in [1.807, 2.05) is 6.07 Å². The van der Waals surface area contributed by atoms with Gasteiger partial charge in [0.2, 0.25) is 0 Å². The van der Waals surface area contributed by atoms with Gasteiger partial charge in [-0.1, -0.05) is 17.4 Å². The fourth-order valence-corrected chi connectivity index (χ4v) is 2.15. The van der Waals surface area contributed by atoms with E-state index in [2.05, 4.69) is 11.1 Å². The second kappa shape index (κ2) is 4.85. The average Bonchev–Trinajstić information content (AvgIpc) is 2.87. The number of rotatable bonds is 3. The van der Waals surface area contributed by atoms with Crippen molar-refractivity contribution in [2.75, 3.05) is 11.9 Å². The molecule has 0 spiro atoms. The first kappa shape index (κ1) is 12.1. The second-order valence-corrected chi connectivity index (χ2v) is 4.54. The number of benzene rings is 1. The van der Waals surface area contributed by atoms with E-state index < -0.39 is 5.97 Å². The number of hydrogen-bond donors (Lipinski definition) is 1. The van der Waals surface area contributed by atoms with E-state index in [1.54, 1.807) is 30.1 Å². The standard InChI is InChI=1S/C12H9N3O2S/c1-15(9-4-2-3-8(5-9)6-13)12-14-7-10(18-12)11(16)17/h2-5,7H,1H3,(H,16,17). The van der Waals surface area contributed by atoms with Gasteiger partial charge in [-0.25, -0.2) is 9.78 Å². The fraction of sp³-hybridized carbons (Fsp3) is 0.0833. The van der Waals surface area contributed by atoms with E-state index in [-0.39, 0.29) is 4.88 Å². The molecule has 2 aromatic rings. The molecule has 90 valence electrons. The number of nitrogens with zero attached hydrogens (tertiary/aromatic N) is 3. The van der Waals surface area contributed by atoms with Gasteiger partial charge in [-0.05, 0) is 18.2 Å². The lowest BCUT2D eigenvalue weighted by Gasteiger charge is -2.15. The number of aromatic nitrogens is 1. The molecule has 0 unspecified atom stereocenters. The predicted molar refractivity (Wildman–Crippen MR) is 68.3 cm³/mol. The van der Waals surface area contributed by atoms with E-state index in [0.29, 0.717) is 10.7 Å². The molecule has 1 aromatic heterocycles. The Morgan fingerprint density at radius 2 is 2.33 bits per heavy atom. The summed E-state index contributed by atoms with van der Waals surface area (Å²) in [5, 5.41) is 18.2. The quantitative estimate of drug-likeness (QED) is 0.916. The van der Waals surface area contributed by atoms with Gasteiger partial charge in [0, 0.05) is 12.7 Å². The second-order valence-electron chi connectivity index (χ2n) is 3.53. The number of thiazole rings is 1. The number of anilines is 2. The minimum Gasteiger partial charge on any atom is -0.477 e. The third-order valence-electron chi connectivity index (χ3n) is 2.35. The van der Waals surface area contributed by atoms with Crippen LogP contribution in [0.1, 0.15) is 15.2 Å². The minimum atomic E-state index is -0.988. The van der Waals surface area contributed by atoms with Crippen molar-refractivity contribution in [3.63, 3.8) is 0 Å². The molecule has 0 bridgehead atoms. The Bertz CT molecular complexity index is 630. The van der Waals surface area contributed by atoms with Gasteiger partial charge in [-0.2, -0.15) is 5.26 Å². The summed E-state index contributed by atoms with van der Waals surface area (Å²) < 4.78 is 0. The molecule has 0 amide bonds. The molecule has 0 aliphatic rings. The first-order chi connectivity index (χ1) is 8.61. The molecular weight excluding hydrogens is 250 g/mol. The van der Waals surface area contributed by atoms with Crippen LogP contribution in [0.5, 0.6) is 0 Å². The lowest BCUT2D eigenvalue weighted by atomic mass is 10.2.